The maximum Gasteiger partial charge on any atom is 0.338 e. The number of rotatable bonds is 2. The normalized spacial score (nSPS) is 10.3. The molecule has 19 heavy (non-hydrogen) atoms. The van der Waals surface area contributed by atoms with Crippen LogP contribution < -0.4 is 10.6 Å². The molecule has 0 aliphatic heterocycles. The fraction of sp³-hybridized carbons (Fsp3) is 0.182. The molecule has 8 heteroatoms. The second kappa shape index (κ2) is 5.41. The number of hydrogen-bond acceptors (Lipinski definition) is 4. The summed E-state index contributed by atoms with van der Waals surface area (Å²) in [7, 11) is 3.01. The van der Waals surface area contributed by atoms with Crippen LogP contribution in [0.15, 0.2) is 12.1 Å². The first-order valence-electron chi connectivity index (χ1n) is 5.31. The second-order valence-electron chi connectivity index (χ2n) is 3.66. The molecule has 0 amide bonds. The van der Waals surface area contributed by atoms with E-state index in [1.54, 1.807) is 19.2 Å². The Labute approximate surface area is 119 Å². The molecule has 0 aliphatic carbocycles. The highest BCUT2D eigenvalue weighted by Gasteiger charge is 2.15. The van der Waals surface area contributed by atoms with Crippen LogP contribution in [-0.2, 0) is 4.74 Å². The monoisotopic (exact) mass is 298 g/mol. The Morgan fingerprint density at radius 1 is 1.53 bits per heavy atom. The van der Waals surface area contributed by atoms with E-state index >= 15 is 0 Å². The van der Waals surface area contributed by atoms with E-state index in [0.29, 0.717) is 32.4 Å². The molecule has 0 aliphatic rings. The summed E-state index contributed by atoms with van der Waals surface area (Å²) in [6.45, 7) is 0. The van der Waals surface area contributed by atoms with Crippen molar-refractivity contribution in [3.63, 3.8) is 0 Å². The molecule has 2 aromatic rings. The van der Waals surface area contributed by atoms with Gasteiger partial charge in [0.2, 0.25) is 0 Å². The maximum absolute atomic E-state index is 11.6. The fourth-order valence-electron chi connectivity index (χ4n) is 1.64. The molecule has 0 fully saturated rings. The van der Waals surface area contributed by atoms with Gasteiger partial charge in [-0.25, -0.2) is 4.79 Å². The van der Waals surface area contributed by atoms with Crippen LogP contribution >= 0.6 is 23.8 Å². The molecular weight excluding hydrogens is 288 g/mol. The molecule has 0 saturated heterocycles. The molecule has 0 saturated carbocycles. The first kappa shape index (κ1) is 13.6. The number of benzene rings is 1. The van der Waals surface area contributed by atoms with Gasteiger partial charge in [-0.05, 0) is 24.4 Å². The number of aromatic nitrogens is 2. The summed E-state index contributed by atoms with van der Waals surface area (Å²) >= 11 is 11.1. The highest BCUT2D eigenvalue weighted by molar-refractivity contribution is 7.80. The number of nitrogens with zero attached hydrogens (tertiary/aromatic N) is 1. The summed E-state index contributed by atoms with van der Waals surface area (Å²) < 4.78 is 4.70. The third-order valence-corrected chi connectivity index (χ3v) is 3.10. The number of carbonyl (C=O) groups is 1. The first-order valence-corrected chi connectivity index (χ1v) is 6.10. The van der Waals surface area contributed by atoms with Crippen LogP contribution in [0.25, 0.3) is 10.9 Å². The first-order chi connectivity index (χ1) is 9.06. The highest BCUT2D eigenvalue weighted by atomic mass is 35.5. The van der Waals surface area contributed by atoms with Crippen molar-refractivity contribution in [3.05, 3.63) is 22.8 Å². The molecule has 1 heterocycles. The molecule has 100 valence electrons. The van der Waals surface area contributed by atoms with Gasteiger partial charge in [0.1, 0.15) is 0 Å². The Morgan fingerprint density at radius 3 is 2.89 bits per heavy atom. The molecular formula is C11H11ClN4O2S. The summed E-state index contributed by atoms with van der Waals surface area (Å²) in [5, 5.41) is 13.7. The third kappa shape index (κ3) is 2.61. The van der Waals surface area contributed by atoms with Crippen molar-refractivity contribution in [2.45, 2.75) is 0 Å². The minimum absolute atomic E-state index is 0.299. The van der Waals surface area contributed by atoms with Crippen molar-refractivity contribution in [3.8, 4) is 0 Å². The number of fused-ring (bicyclic) bond motifs is 1. The Balaban J connectivity index is 2.59. The van der Waals surface area contributed by atoms with Crippen LogP contribution in [0, 0.1) is 0 Å². The number of anilines is 1. The Bertz CT molecular complexity index is 655. The van der Waals surface area contributed by atoms with E-state index in [1.807, 2.05) is 0 Å². The lowest BCUT2D eigenvalue weighted by molar-refractivity contribution is 0.0601. The average molecular weight is 299 g/mol. The Hall–Kier alpha value is -1.86. The van der Waals surface area contributed by atoms with Crippen molar-refractivity contribution >= 4 is 51.5 Å². The van der Waals surface area contributed by atoms with Crippen LogP contribution in [0.4, 0.5) is 5.69 Å². The second-order valence-corrected chi connectivity index (χ2v) is 4.42. The summed E-state index contributed by atoms with van der Waals surface area (Å²) in [6.07, 6.45) is 0. The van der Waals surface area contributed by atoms with Crippen LogP contribution in [0.1, 0.15) is 10.4 Å². The quantitative estimate of drug-likeness (QED) is 0.581. The van der Waals surface area contributed by atoms with Gasteiger partial charge in [0.15, 0.2) is 10.3 Å². The third-order valence-electron chi connectivity index (χ3n) is 2.52. The summed E-state index contributed by atoms with van der Waals surface area (Å²) in [5.41, 5.74) is 1.57. The van der Waals surface area contributed by atoms with Crippen LogP contribution in [0.2, 0.25) is 5.15 Å². The van der Waals surface area contributed by atoms with Crippen molar-refractivity contribution in [2.24, 2.45) is 0 Å². The van der Waals surface area contributed by atoms with E-state index in [0.717, 1.165) is 0 Å². The number of carbonyl (C=O) groups excluding carboxylic acids is 1. The molecule has 1 aromatic heterocycles. The predicted molar refractivity (Wildman–Crippen MR) is 77.7 cm³/mol. The summed E-state index contributed by atoms with van der Waals surface area (Å²) in [6, 6.07) is 3.23. The zero-order chi connectivity index (χ0) is 14.0. The Morgan fingerprint density at radius 2 is 2.26 bits per heavy atom. The van der Waals surface area contributed by atoms with Gasteiger partial charge in [0, 0.05) is 7.05 Å². The molecule has 0 radical (unpaired) electrons. The zero-order valence-corrected chi connectivity index (χ0v) is 11.8. The van der Waals surface area contributed by atoms with Crippen LogP contribution in [0.5, 0.6) is 0 Å². The number of halogens is 1. The molecule has 0 bridgehead atoms. The van der Waals surface area contributed by atoms with Crippen molar-refractivity contribution in [1.29, 1.82) is 0 Å². The van der Waals surface area contributed by atoms with Crippen molar-refractivity contribution in [1.82, 2.24) is 15.5 Å². The number of H-pyrrole nitrogens is 1. The van der Waals surface area contributed by atoms with Gasteiger partial charge in [-0.15, -0.1) is 0 Å². The topological polar surface area (TPSA) is 79.0 Å². The molecule has 6 nitrogen and oxygen atoms in total. The van der Waals surface area contributed by atoms with Crippen molar-refractivity contribution in [2.75, 3.05) is 19.5 Å². The number of aromatic amines is 1. The average Bonchev–Trinajstić information content (AvgIpc) is 2.79. The standard InChI is InChI=1S/C11H11ClN4O2S/c1-13-11(19)14-6-3-5(10(17)18-2)4-7-8(6)9(12)16-15-7/h3-4H,1-2H3,(H,15,16)(H2,13,14,19). The minimum Gasteiger partial charge on any atom is -0.465 e. The summed E-state index contributed by atoms with van der Waals surface area (Å²) in [4.78, 5) is 11.6. The number of ether oxygens (including phenoxy) is 1. The van der Waals surface area contributed by atoms with E-state index < -0.39 is 5.97 Å². The Kier molecular flexibility index (Phi) is 3.87. The number of esters is 1. The van der Waals surface area contributed by atoms with Gasteiger partial charge < -0.3 is 15.4 Å². The van der Waals surface area contributed by atoms with Gasteiger partial charge in [-0.2, -0.15) is 5.10 Å². The van der Waals surface area contributed by atoms with E-state index in [9.17, 15) is 4.79 Å². The molecule has 2 rings (SSSR count). The zero-order valence-electron chi connectivity index (χ0n) is 10.2. The van der Waals surface area contributed by atoms with E-state index in [-0.39, 0.29) is 0 Å². The van der Waals surface area contributed by atoms with Gasteiger partial charge >= 0.3 is 5.97 Å². The minimum atomic E-state index is -0.453. The van der Waals surface area contributed by atoms with Crippen molar-refractivity contribution < 1.29 is 9.53 Å². The molecule has 3 N–H and O–H groups in total. The van der Waals surface area contributed by atoms with Gasteiger partial charge in [0.25, 0.3) is 0 Å². The molecule has 0 spiro atoms. The van der Waals surface area contributed by atoms with E-state index in [2.05, 4.69) is 20.8 Å². The van der Waals surface area contributed by atoms with Gasteiger partial charge in [-0.3, -0.25) is 5.10 Å². The lowest BCUT2D eigenvalue weighted by Gasteiger charge is -2.10. The van der Waals surface area contributed by atoms with Gasteiger partial charge in [-0.1, -0.05) is 11.6 Å². The SMILES string of the molecule is CNC(=S)Nc1cc(C(=O)OC)cc2[nH]nc(Cl)c12. The van der Waals surface area contributed by atoms with E-state index in [4.69, 9.17) is 28.6 Å². The highest BCUT2D eigenvalue weighted by Crippen LogP contribution is 2.30. The lowest BCUT2D eigenvalue weighted by Crippen LogP contribution is -2.24. The fourth-order valence-corrected chi connectivity index (χ4v) is 1.99. The number of thiocarbonyl (C=S) groups is 1. The molecule has 0 atom stereocenters. The smallest absolute Gasteiger partial charge is 0.338 e. The van der Waals surface area contributed by atoms with Crippen LogP contribution in [0.3, 0.4) is 0 Å². The van der Waals surface area contributed by atoms with Gasteiger partial charge in [0.05, 0.1) is 29.3 Å². The maximum atomic E-state index is 11.6. The molecule has 1 aromatic carbocycles. The number of nitrogens with one attached hydrogen (secondary N) is 3. The largest absolute Gasteiger partial charge is 0.465 e. The van der Waals surface area contributed by atoms with E-state index in [1.165, 1.54) is 7.11 Å². The predicted octanol–water partition coefficient (Wildman–Crippen LogP) is 1.92. The molecule has 0 unspecified atom stereocenters. The summed E-state index contributed by atoms with van der Waals surface area (Å²) in [5.74, 6) is -0.453. The number of methoxy groups -OCH3 is 1. The lowest BCUT2D eigenvalue weighted by atomic mass is 10.1. The van der Waals surface area contributed by atoms with Crippen LogP contribution in [-0.4, -0.2) is 35.4 Å². The number of hydrogen-bond donors (Lipinski definition) is 3.